The normalized spacial score (nSPS) is 11.4. The molecule has 0 aliphatic rings. The van der Waals surface area contributed by atoms with E-state index in [-0.39, 0.29) is 17.6 Å². The van der Waals surface area contributed by atoms with Crippen LogP contribution >= 0.6 is 0 Å². The highest BCUT2D eigenvalue weighted by Gasteiger charge is 2.19. The first-order valence-corrected chi connectivity index (χ1v) is 6.27. The standard InChI is InChI=1S/C14H17F2NO2/c1-3-6-17-7-12-9(8-18-2)13-10(15)4-5-11(16)14(13)19-12/h4-5,17H,3,6-8H2,1-2H3. The zero-order valence-corrected chi connectivity index (χ0v) is 11.1. The van der Waals surface area contributed by atoms with E-state index in [2.05, 4.69) is 5.32 Å². The number of nitrogens with one attached hydrogen (secondary N) is 1. The van der Waals surface area contributed by atoms with E-state index < -0.39 is 11.6 Å². The summed E-state index contributed by atoms with van der Waals surface area (Å²) in [6, 6.07) is 2.18. The van der Waals surface area contributed by atoms with Crippen LogP contribution in [0.25, 0.3) is 11.0 Å². The van der Waals surface area contributed by atoms with Crippen LogP contribution in [-0.4, -0.2) is 13.7 Å². The summed E-state index contributed by atoms with van der Waals surface area (Å²) < 4.78 is 38.0. The lowest BCUT2D eigenvalue weighted by Gasteiger charge is -2.03. The van der Waals surface area contributed by atoms with Gasteiger partial charge in [-0.25, -0.2) is 8.78 Å². The highest BCUT2D eigenvalue weighted by molar-refractivity contribution is 5.83. The summed E-state index contributed by atoms with van der Waals surface area (Å²) in [4.78, 5) is 0. The number of hydrogen-bond acceptors (Lipinski definition) is 3. The van der Waals surface area contributed by atoms with Gasteiger partial charge in [0.2, 0.25) is 0 Å². The summed E-state index contributed by atoms with van der Waals surface area (Å²) in [6.45, 7) is 3.48. The molecule has 2 aromatic rings. The summed E-state index contributed by atoms with van der Waals surface area (Å²) in [5, 5.41) is 3.33. The molecule has 1 aromatic carbocycles. The van der Waals surface area contributed by atoms with Crippen LogP contribution in [-0.2, 0) is 17.9 Å². The average Bonchev–Trinajstić information content (AvgIpc) is 2.75. The molecule has 0 bridgehead atoms. The third-order valence-corrected chi connectivity index (χ3v) is 2.92. The van der Waals surface area contributed by atoms with Crippen molar-refractivity contribution in [3.8, 4) is 0 Å². The largest absolute Gasteiger partial charge is 0.456 e. The maximum Gasteiger partial charge on any atom is 0.173 e. The molecular formula is C14H17F2NO2. The summed E-state index contributed by atoms with van der Waals surface area (Å²) >= 11 is 0. The number of rotatable bonds is 6. The van der Waals surface area contributed by atoms with Crippen LogP contribution < -0.4 is 5.32 Å². The molecule has 1 aromatic heterocycles. The minimum Gasteiger partial charge on any atom is -0.456 e. The Morgan fingerprint density at radius 1 is 1.26 bits per heavy atom. The fraction of sp³-hybridized carbons (Fsp3) is 0.429. The highest BCUT2D eigenvalue weighted by atomic mass is 19.1. The lowest BCUT2D eigenvalue weighted by atomic mass is 10.1. The molecule has 19 heavy (non-hydrogen) atoms. The van der Waals surface area contributed by atoms with Crippen molar-refractivity contribution in [2.75, 3.05) is 13.7 Å². The van der Waals surface area contributed by atoms with E-state index in [1.807, 2.05) is 6.92 Å². The average molecular weight is 269 g/mol. The molecule has 1 heterocycles. The van der Waals surface area contributed by atoms with E-state index in [0.717, 1.165) is 25.1 Å². The van der Waals surface area contributed by atoms with Gasteiger partial charge in [-0.1, -0.05) is 6.92 Å². The quantitative estimate of drug-likeness (QED) is 0.817. The molecular weight excluding hydrogens is 252 g/mol. The van der Waals surface area contributed by atoms with Crippen molar-refractivity contribution in [2.45, 2.75) is 26.5 Å². The predicted molar refractivity (Wildman–Crippen MR) is 68.8 cm³/mol. The van der Waals surface area contributed by atoms with Gasteiger partial charge in [-0.15, -0.1) is 0 Å². The van der Waals surface area contributed by atoms with E-state index in [1.54, 1.807) is 0 Å². The molecule has 0 spiro atoms. The minimum atomic E-state index is -0.560. The van der Waals surface area contributed by atoms with Crippen molar-refractivity contribution in [3.05, 3.63) is 35.1 Å². The van der Waals surface area contributed by atoms with Gasteiger partial charge in [0.1, 0.15) is 11.6 Å². The lowest BCUT2D eigenvalue weighted by Crippen LogP contribution is -2.14. The first-order chi connectivity index (χ1) is 9.19. The molecule has 1 N–H and O–H groups in total. The Balaban J connectivity index is 2.47. The Bertz CT molecular complexity index is 566. The summed E-state index contributed by atoms with van der Waals surface area (Å²) in [6.07, 6.45) is 0.975. The molecule has 0 aliphatic carbocycles. The molecule has 104 valence electrons. The molecule has 2 rings (SSSR count). The van der Waals surface area contributed by atoms with Gasteiger partial charge in [0, 0.05) is 12.7 Å². The number of ether oxygens (including phenoxy) is 1. The Kier molecular flexibility index (Phi) is 4.50. The van der Waals surface area contributed by atoms with E-state index in [1.165, 1.54) is 7.11 Å². The van der Waals surface area contributed by atoms with Gasteiger partial charge < -0.3 is 14.5 Å². The fourth-order valence-electron chi connectivity index (χ4n) is 2.06. The molecule has 0 radical (unpaired) electrons. The smallest absolute Gasteiger partial charge is 0.173 e. The van der Waals surface area contributed by atoms with Crippen LogP contribution in [0, 0.1) is 11.6 Å². The van der Waals surface area contributed by atoms with Crippen LogP contribution in [0.15, 0.2) is 16.5 Å². The second-order valence-corrected chi connectivity index (χ2v) is 4.35. The number of fused-ring (bicyclic) bond motifs is 1. The maximum atomic E-state index is 13.8. The van der Waals surface area contributed by atoms with Crippen molar-refractivity contribution in [1.82, 2.24) is 5.32 Å². The molecule has 0 atom stereocenters. The van der Waals surface area contributed by atoms with Crippen LogP contribution in [0.4, 0.5) is 8.78 Å². The Morgan fingerprint density at radius 3 is 2.68 bits per heavy atom. The zero-order chi connectivity index (χ0) is 13.8. The fourth-order valence-corrected chi connectivity index (χ4v) is 2.06. The van der Waals surface area contributed by atoms with Crippen molar-refractivity contribution in [2.24, 2.45) is 0 Å². The molecule has 0 saturated heterocycles. The minimum absolute atomic E-state index is 0.0413. The second kappa shape index (κ2) is 6.12. The number of methoxy groups -OCH3 is 1. The van der Waals surface area contributed by atoms with Crippen molar-refractivity contribution in [1.29, 1.82) is 0 Å². The molecule has 0 fully saturated rings. The van der Waals surface area contributed by atoms with Crippen LogP contribution in [0.3, 0.4) is 0 Å². The monoisotopic (exact) mass is 269 g/mol. The van der Waals surface area contributed by atoms with Gasteiger partial charge in [0.25, 0.3) is 0 Å². The summed E-state index contributed by atoms with van der Waals surface area (Å²) in [5.41, 5.74) is 0.526. The zero-order valence-electron chi connectivity index (χ0n) is 11.1. The summed E-state index contributed by atoms with van der Waals surface area (Å²) in [7, 11) is 1.51. The highest BCUT2D eigenvalue weighted by Crippen LogP contribution is 2.30. The first-order valence-electron chi connectivity index (χ1n) is 6.27. The van der Waals surface area contributed by atoms with Gasteiger partial charge in [-0.3, -0.25) is 0 Å². The number of benzene rings is 1. The van der Waals surface area contributed by atoms with Crippen molar-refractivity contribution in [3.63, 3.8) is 0 Å². The predicted octanol–water partition coefficient (Wildman–Crippen LogP) is 3.36. The molecule has 0 aliphatic heterocycles. The van der Waals surface area contributed by atoms with Crippen LogP contribution in [0.1, 0.15) is 24.7 Å². The number of hydrogen-bond donors (Lipinski definition) is 1. The maximum absolute atomic E-state index is 13.8. The second-order valence-electron chi connectivity index (χ2n) is 4.35. The Labute approximate surface area is 110 Å². The van der Waals surface area contributed by atoms with Gasteiger partial charge in [-0.05, 0) is 25.1 Å². The molecule has 0 amide bonds. The van der Waals surface area contributed by atoms with Crippen LogP contribution in [0.5, 0.6) is 0 Å². The molecule has 0 unspecified atom stereocenters. The van der Waals surface area contributed by atoms with E-state index in [9.17, 15) is 8.78 Å². The lowest BCUT2D eigenvalue weighted by molar-refractivity contribution is 0.183. The van der Waals surface area contributed by atoms with Crippen LogP contribution in [0.2, 0.25) is 0 Å². The van der Waals surface area contributed by atoms with E-state index in [0.29, 0.717) is 17.9 Å². The SMILES string of the molecule is CCCNCc1oc2c(F)ccc(F)c2c1COC. The Hall–Kier alpha value is -1.46. The van der Waals surface area contributed by atoms with Gasteiger partial charge >= 0.3 is 0 Å². The molecule has 5 heteroatoms. The van der Waals surface area contributed by atoms with Gasteiger partial charge in [-0.2, -0.15) is 0 Å². The van der Waals surface area contributed by atoms with Crippen molar-refractivity contribution >= 4 is 11.0 Å². The number of furan rings is 1. The topological polar surface area (TPSA) is 34.4 Å². The number of halogens is 2. The van der Waals surface area contributed by atoms with E-state index in [4.69, 9.17) is 9.15 Å². The third kappa shape index (κ3) is 2.77. The Morgan fingerprint density at radius 2 is 2.00 bits per heavy atom. The third-order valence-electron chi connectivity index (χ3n) is 2.92. The molecule has 0 saturated carbocycles. The molecule has 3 nitrogen and oxygen atoms in total. The van der Waals surface area contributed by atoms with Crippen molar-refractivity contribution < 1.29 is 17.9 Å². The summed E-state index contributed by atoms with van der Waals surface area (Å²) in [5.74, 6) is -0.529. The van der Waals surface area contributed by atoms with Gasteiger partial charge in [0.15, 0.2) is 11.4 Å². The van der Waals surface area contributed by atoms with E-state index >= 15 is 0 Å². The van der Waals surface area contributed by atoms with Gasteiger partial charge in [0.05, 0.1) is 18.5 Å². The first kappa shape index (κ1) is 14.0.